The van der Waals surface area contributed by atoms with Crippen LogP contribution in [0.2, 0.25) is 0 Å². The van der Waals surface area contributed by atoms with Crippen molar-refractivity contribution in [1.29, 1.82) is 0 Å². The minimum absolute atomic E-state index is 0.0885. The summed E-state index contributed by atoms with van der Waals surface area (Å²) in [5.74, 6) is 2.34. The van der Waals surface area contributed by atoms with E-state index in [-0.39, 0.29) is 5.91 Å². The van der Waals surface area contributed by atoms with E-state index in [2.05, 4.69) is 15.5 Å². The van der Waals surface area contributed by atoms with Crippen LogP contribution >= 0.6 is 0 Å². The van der Waals surface area contributed by atoms with E-state index >= 15 is 0 Å². The molecule has 3 aromatic rings. The number of ether oxygens (including phenoxy) is 2. The molecule has 0 aliphatic carbocycles. The molecule has 0 spiro atoms. The molecule has 1 heterocycles. The molecule has 0 saturated carbocycles. The summed E-state index contributed by atoms with van der Waals surface area (Å²) in [6, 6.07) is 14.7. The number of anilines is 1. The first-order chi connectivity index (χ1) is 13.2. The molecule has 2 aromatic carbocycles. The first-order valence-electron chi connectivity index (χ1n) is 8.59. The number of rotatable bonds is 8. The molecule has 0 atom stereocenters. The first-order valence-corrected chi connectivity index (χ1v) is 8.59. The molecular formula is C20H21N3O4. The van der Waals surface area contributed by atoms with E-state index in [4.69, 9.17) is 14.0 Å². The third-order valence-corrected chi connectivity index (χ3v) is 3.99. The highest BCUT2D eigenvalue weighted by molar-refractivity contribution is 5.92. The minimum Gasteiger partial charge on any atom is -0.497 e. The standard InChI is InChI=1S/C20H21N3O4/c1-25-15-12-10-14(11-13-15)20-22-19(27-23-20)9-5-8-18(24)21-16-6-3-4-7-17(16)26-2/h3-4,6-7,10-13H,5,8-9H2,1-2H3,(H,21,24). The highest BCUT2D eigenvalue weighted by Crippen LogP contribution is 2.23. The Morgan fingerprint density at radius 3 is 2.59 bits per heavy atom. The lowest BCUT2D eigenvalue weighted by atomic mass is 10.2. The van der Waals surface area contributed by atoms with Crippen molar-refractivity contribution in [3.8, 4) is 22.9 Å². The highest BCUT2D eigenvalue weighted by atomic mass is 16.5. The van der Waals surface area contributed by atoms with Crippen LogP contribution in [0.5, 0.6) is 11.5 Å². The molecule has 1 aromatic heterocycles. The lowest BCUT2D eigenvalue weighted by Crippen LogP contribution is -2.12. The zero-order valence-corrected chi connectivity index (χ0v) is 15.3. The van der Waals surface area contributed by atoms with Crippen LogP contribution in [0.15, 0.2) is 53.1 Å². The number of aromatic nitrogens is 2. The smallest absolute Gasteiger partial charge is 0.226 e. The van der Waals surface area contributed by atoms with Crippen molar-refractivity contribution in [2.75, 3.05) is 19.5 Å². The zero-order valence-electron chi connectivity index (χ0n) is 15.3. The molecule has 0 bridgehead atoms. The predicted molar refractivity (Wildman–Crippen MR) is 101 cm³/mol. The van der Waals surface area contributed by atoms with Crippen molar-refractivity contribution >= 4 is 11.6 Å². The van der Waals surface area contributed by atoms with Crippen LogP contribution in [-0.4, -0.2) is 30.3 Å². The number of aryl methyl sites for hydroxylation is 1. The Morgan fingerprint density at radius 1 is 1.07 bits per heavy atom. The van der Waals surface area contributed by atoms with Gasteiger partial charge in [0.05, 0.1) is 19.9 Å². The molecule has 7 heteroatoms. The van der Waals surface area contributed by atoms with Crippen LogP contribution in [0, 0.1) is 0 Å². The fraction of sp³-hybridized carbons (Fsp3) is 0.250. The second-order valence-corrected chi connectivity index (χ2v) is 5.84. The predicted octanol–water partition coefficient (Wildman–Crippen LogP) is 3.72. The average molecular weight is 367 g/mol. The molecule has 0 aliphatic heterocycles. The molecule has 0 unspecified atom stereocenters. The monoisotopic (exact) mass is 367 g/mol. The molecule has 0 fully saturated rings. The quantitative estimate of drug-likeness (QED) is 0.653. The van der Waals surface area contributed by atoms with Gasteiger partial charge in [-0.1, -0.05) is 17.3 Å². The molecule has 140 valence electrons. The van der Waals surface area contributed by atoms with Crippen molar-refractivity contribution in [3.63, 3.8) is 0 Å². The number of hydrogen-bond donors (Lipinski definition) is 1. The lowest BCUT2D eigenvalue weighted by Gasteiger charge is -2.09. The van der Waals surface area contributed by atoms with Gasteiger partial charge in [0.2, 0.25) is 17.6 Å². The van der Waals surface area contributed by atoms with E-state index in [1.54, 1.807) is 26.4 Å². The molecule has 27 heavy (non-hydrogen) atoms. The summed E-state index contributed by atoms with van der Waals surface area (Å²) < 4.78 is 15.6. The first kappa shape index (κ1) is 18.4. The summed E-state index contributed by atoms with van der Waals surface area (Å²) in [6.45, 7) is 0. The topological polar surface area (TPSA) is 86.5 Å². The van der Waals surface area contributed by atoms with E-state index in [1.807, 2.05) is 36.4 Å². The van der Waals surface area contributed by atoms with Crippen LogP contribution < -0.4 is 14.8 Å². The second-order valence-electron chi connectivity index (χ2n) is 5.84. The molecule has 1 amide bonds. The molecule has 0 radical (unpaired) electrons. The Hall–Kier alpha value is -3.35. The van der Waals surface area contributed by atoms with Gasteiger partial charge in [0.25, 0.3) is 0 Å². The molecule has 1 N–H and O–H groups in total. The van der Waals surface area contributed by atoms with Gasteiger partial charge in [-0.3, -0.25) is 4.79 Å². The van der Waals surface area contributed by atoms with Crippen molar-refractivity contribution < 1.29 is 18.8 Å². The van der Waals surface area contributed by atoms with Crippen molar-refractivity contribution in [2.24, 2.45) is 0 Å². The Kier molecular flexibility index (Phi) is 6.04. The minimum atomic E-state index is -0.0885. The van der Waals surface area contributed by atoms with Crippen LogP contribution in [0.4, 0.5) is 5.69 Å². The van der Waals surface area contributed by atoms with Gasteiger partial charge in [-0.2, -0.15) is 4.98 Å². The summed E-state index contributed by atoms with van der Waals surface area (Å²) in [5, 5.41) is 6.83. The Labute approximate surface area is 157 Å². The summed E-state index contributed by atoms with van der Waals surface area (Å²) in [6.07, 6.45) is 1.48. The molecule has 3 rings (SSSR count). The molecular weight excluding hydrogens is 346 g/mol. The van der Waals surface area contributed by atoms with Crippen molar-refractivity contribution in [3.05, 3.63) is 54.4 Å². The number of carbonyl (C=O) groups is 1. The molecule has 0 saturated heterocycles. The van der Waals surface area contributed by atoms with Crippen LogP contribution in [0.3, 0.4) is 0 Å². The summed E-state index contributed by atoms with van der Waals surface area (Å²) in [4.78, 5) is 16.5. The second kappa shape index (κ2) is 8.84. The van der Waals surface area contributed by atoms with Crippen LogP contribution in [-0.2, 0) is 11.2 Å². The van der Waals surface area contributed by atoms with Gasteiger partial charge < -0.3 is 19.3 Å². The third-order valence-electron chi connectivity index (χ3n) is 3.99. The lowest BCUT2D eigenvalue weighted by molar-refractivity contribution is -0.116. The normalized spacial score (nSPS) is 10.4. The Bertz CT molecular complexity index is 890. The zero-order chi connectivity index (χ0) is 19.1. The number of para-hydroxylation sites is 2. The van der Waals surface area contributed by atoms with Gasteiger partial charge in [-0.15, -0.1) is 0 Å². The third kappa shape index (κ3) is 4.84. The molecule has 7 nitrogen and oxygen atoms in total. The van der Waals surface area contributed by atoms with Gasteiger partial charge in [0.15, 0.2) is 0 Å². The maximum absolute atomic E-state index is 12.1. The summed E-state index contributed by atoms with van der Waals surface area (Å²) in [5.41, 5.74) is 1.50. The van der Waals surface area contributed by atoms with Gasteiger partial charge >= 0.3 is 0 Å². The summed E-state index contributed by atoms with van der Waals surface area (Å²) >= 11 is 0. The fourth-order valence-electron chi connectivity index (χ4n) is 2.57. The SMILES string of the molecule is COc1ccc(-c2noc(CCCC(=O)Nc3ccccc3OC)n2)cc1. The number of hydrogen-bond acceptors (Lipinski definition) is 6. The van der Waals surface area contributed by atoms with E-state index in [9.17, 15) is 4.79 Å². The molecule has 0 aliphatic rings. The number of amides is 1. The van der Waals surface area contributed by atoms with Crippen LogP contribution in [0.1, 0.15) is 18.7 Å². The summed E-state index contributed by atoms with van der Waals surface area (Å²) in [7, 11) is 3.19. The maximum Gasteiger partial charge on any atom is 0.226 e. The Balaban J connectivity index is 1.50. The number of carbonyl (C=O) groups excluding carboxylic acids is 1. The van der Waals surface area contributed by atoms with Gasteiger partial charge in [0, 0.05) is 18.4 Å². The van der Waals surface area contributed by atoms with Crippen molar-refractivity contribution in [1.82, 2.24) is 10.1 Å². The van der Waals surface area contributed by atoms with Gasteiger partial charge in [-0.05, 0) is 42.8 Å². The number of benzene rings is 2. The van der Waals surface area contributed by atoms with Crippen molar-refractivity contribution in [2.45, 2.75) is 19.3 Å². The highest BCUT2D eigenvalue weighted by Gasteiger charge is 2.11. The van der Waals surface area contributed by atoms with E-state index in [0.717, 1.165) is 11.3 Å². The number of methoxy groups -OCH3 is 2. The van der Waals surface area contributed by atoms with Gasteiger partial charge in [0.1, 0.15) is 11.5 Å². The van der Waals surface area contributed by atoms with Crippen LogP contribution in [0.25, 0.3) is 11.4 Å². The largest absolute Gasteiger partial charge is 0.497 e. The van der Waals surface area contributed by atoms with E-state index < -0.39 is 0 Å². The Morgan fingerprint density at radius 2 is 1.85 bits per heavy atom. The number of nitrogens with one attached hydrogen (secondary N) is 1. The maximum atomic E-state index is 12.1. The average Bonchev–Trinajstić information content (AvgIpc) is 3.17. The van der Waals surface area contributed by atoms with E-state index in [1.165, 1.54) is 0 Å². The van der Waals surface area contributed by atoms with Gasteiger partial charge in [-0.25, -0.2) is 0 Å². The number of nitrogens with zero attached hydrogens (tertiary/aromatic N) is 2. The fourth-order valence-corrected chi connectivity index (χ4v) is 2.57. The van der Waals surface area contributed by atoms with E-state index in [0.29, 0.717) is 42.4 Å².